The number of anilines is 1. The second-order valence-corrected chi connectivity index (χ2v) is 6.88. The summed E-state index contributed by atoms with van der Waals surface area (Å²) in [5, 5.41) is 6.16. The third-order valence-electron chi connectivity index (χ3n) is 3.72. The number of nitrogens with two attached hydrogens (primary N) is 1. The van der Waals surface area contributed by atoms with Gasteiger partial charge in [0, 0.05) is 5.38 Å². The van der Waals surface area contributed by atoms with E-state index in [0.29, 0.717) is 17.4 Å². The van der Waals surface area contributed by atoms with Gasteiger partial charge < -0.3 is 10.5 Å². The van der Waals surface area contributed by atoms with E-state index in [4.69, 9.17) is 10.5 Å². The summed E-state index contributed by atoms with van der Waals surface area (Å²) in [4.78, 5) is 15.8. The van der Waals surface area contributed by atoms with Crippen molar-refractivity contribution in [1.82, 2.24) is 10.4 Å². The van der Waals surface area contributed by atoms with Crippen molar-refractivity contribution in [2.24, 2.45) is 5.10 Å². The highest BCUT2D eigenvalue weighted by molar-refractivity contribution is 7.13. The second-order valence-electron chi connectivity index (χ2n) is 5.99. The van der Waals surface area contributed by atoms with Gasteiger partial charge in [-0.15, -0.1) is 11.3 Å². The molecule has 3 N–H and O–H groups in total. The molecule has 3 rings (SSSR count). The quantitative estimate of drug-likeness (QED) is 0.486. The molecular formula is C20H20N4O2S. The number of nitrogens with zero attached hydrogens (tertiary/aromatic N) is 2. The van der Waals surface area contributed by atoms with Crippen LogP contribution in [0.5, 0.6) is 5.75 Å². The van der Waals surface area contributed by atoms with Gasteiger partial charge >= 0.3 is 0 Å². The number of nitrogens with one attached hydrogen (secondary N) is 1. The molecule has 0 radical (unpaired) electrons. The number of hydrogen-bond donors (Lipinski definition) is 2. The van der Waals surface area contributed by atoms with Crippen LogP contribution in [0.25, 0.3) is 0 Å². The van der Waals surface area contributed by atoms with Crippen molar-refractivity contribution in [3.63, 3.8) is 0 Å². The summed E-state index contributed by atoms with van der Waals surface area (Å²) in [6.07, 6.45) is 1.73. The van der Waals surface area contributed by atoms with Crippen molar-refractivity contribution in [3.05, 3.63) is 76.3 Å². The van der Waals surface area contributed by atoms with Gasteiger partial charge in [-0.25, -0.2) is 10.4 Å². The molecule has 0 unspecified atom stereocenters. The van der Waals surface area contributed by atoms with Crippen molar-refractivity contribution >= 4 is 28.6 Å². The third kappa shape index (κ3) is 5.93. The number of carbonyl (C=O) groups excluding carboxylic acids is 1. The fourth-order valence-electron chi connectivity index (χ4n) is 2.29. The van der Waals surface area contributed by atoms with E-state index in [9.17, 15) is 4.79 Å². The Balaban J connectivity index is 1.46. The number of hydrazone groups is 1. The molecule has 6 nitrogen and oxygen atoms in total. The summed E-state index contributed by atoms with van der Waals surface area (Å²) in [5.74, 6) is 0.535. The number of amides is 1. The van der Waals surface area contributed by atoms with E-state index in [1.165, 1.54) is 16.9 Å². The first kappa shape index (κ1) is 18.6. The molecule has 0 saturated heterocycles. The normalized spacial score (nSPS) is 10.9. The van der Waals surface area contributed by atoms with Crippen molar-refractivity contribution in [3.8, 4) is 5.75 Å². The van der Waals surface area contributed by atoms with Gasteiger partial charge in [0.25, 0.3) is 0 Å². The van der Waals surface area contributed by atoms with Gasteiger partial charge in [-0.05, 0) is 42.3 Å². The molecule has 0 bridgehead atoms. The Bertz CT molecular complexity index is 918. The Morgan fingerprint density at radius 3 is 2.63 bits per heavy atom. The number of thiazole rings is 1. The first-order chi connectivity index (χ1) is 13.1. The predicted octanol–water partition coefficient (Wildman–Crippen LogP) is 3.31. The molecule has 0 saturated carbocycles. The highest BCUT2D eigenvalue weighted by Crippen LogP contribution is 2.14. The number of hydrogen-bond acceptors (Lipinski definition) is 6. The van der Waals surface area contributed by atoms with Crippen LogP contribution in [0, 0.1) is 6.92 Å². The van der Waals surface area contributed by atoms with Crippen LogP contribution in [0.1, 0.15) is 22.4 Å². The Morgan fingerprint density at radius 2 is 1.96 bits per heavy atom. The van der Waals surface area contributed by atoms with E-state index in [2.05, 4.69) is 46.7 Å². The number of ether oxygens (including phenoxy) is 1. The molecule has 138 valence electrons. The lowest BCUT2D eigenvalue weighted by Gasteiger charge is -2.06. The summed E-state index contributed by atoms with van der Waals surface area (Å²) in [7, 11) is 0. The number of aromatic nitrogens is 1. The molecular weight excluding hydrogens is 360 g/mol. The zero-order valence-corrected chi connectivity index (χ0v) is 15.7. The van der Waals surface area contributed by atoms with Gasteiger partial charge in [0.05, 0.1) is 18.3 Å². The van der Waals surface area contributed by atoms with E-state index in [0.717, 1.165) is 16.9 Å². The number of benzene rings is 2. The Kier molecular flexibility index (Phi) is 6.17. The summed E-state index contributed by atoms with van der Waals surface area (Å²) in [6, 6.07) is 15.7. The zero-order chi connectivity index (χ0) is 19.1. The SMILES string of the molecule is Cc1ccc(COc2ccc(/C=N/NC(=O)Cc3csc(N)n3)cc2)cc1. The molecule has 7 heteroatoms. The molecule has 2 aromatic carbocycles. The molecule has 0 spiro atoms. The van der Waals surface area contributed by atoms with Gasteiger partial charge in [0.2, 0.25) is 5.91 Å². The average Bonchev–Trinajstić information content (AvgIpc) is 3.07. The molecule has 0 aliphatic heterocycles. The first-order valence-corrected chi connectivity index (χ1v) is 9.26. The second kappa shape index (κ2) is 8.95. The fraction of sp³-hybridized carbons (Fsp3) is 0.150. The molecule has 3 aromatic rings. The highest BCUT2D eigenvalue weighted by atomic mass is 32.1. The topological polar surface area (TPSA) is 89.6 Å². The number of carbonyl (C=O) groups is 1. The monoisotopic (exact) mass is 380 g/mol. The van der Waals surface area contributed by atoms with Crippen LogP contribution in [-0.4, -0.2) is 17.1 Å². The van der Waals surface area contributed by atoms with Crippen LogP contribution < -0.4 is 15.9 Å². The van der Waals surface area contributed by atoms with Crippen LogP contribution in [-0.2, 0) is 17.8 Å². The first-order valence-electron chi connectivity index (χ1n) is 8.39. The van der Waals surface area contributed by atoms with Gasteiger partial charge in [-0.1, -0.05) is 29.8 Å². The van der Waals surface area contributed by atoms with E-state index in [1.807, 2.05) is 24.3 Å². The number of aryl methyl sites for hydroxylation is 1. The highest BCUT2D eigenvalue weighted by Gasteiger charge is 2.05. The van der Waals surface area contributed by atoms with E-state index in [-0.39, 0.29) is 12.3 Å². The minimum atomic E-state index is -0.241. The molecule has 27 heavy (non-hydrogen) atoms. The number of rotatable bonds is 7. The minimum Gasteiger partial charge on any atom is -0.489 e. The van der Waals surface area contributed by atoms with Crippen LogP contribution in [0.15, 0.2) is 59.0 Å². The maximum absolute atomic E-state index is 11.8. The summed E-state index contributed by atoms with van der Waals surface area (Å²) in [5.41, 5.74) is 11.9. The minimum absolute atomic E-state index is 0.150. The Hall–Kier alpha value is -3.19. The Morgan fingerprint density at radius 1 is 1.22 bits per heavy atom. The molecule has 1 aromatic heterocycles. The standard InChI is InChI=1S/C20H20N4O2S/c1-14-2-4-16(5-3-14)12-26-18-8-6-15(7-9-18)11-22-24-19(25)10-17-13-27-20(21)23-17/h2-9,11,13H,10,12H2,1H3,(H2,21,23)(H,24,25)/b22-11+. The molecule has 0 aliphatic carbocycles. The average molecular weight is 380 g/mol. The number of nitrogen functional groups attached to an aromatic ring is 1. The molecule has 1 heterocycles. The lowest BCUT2D eigenvalue weighted by Crippen LogP contribution is -2.19. The van der Waals surface area contributed by atoms with Crippen LogP contribution in [0.3, 0.4) is 0 Å². The van der Waals surface area contributed by atoms with Crippen molar-refractivity contribution in [2.45, 2.75) is 20.0 Å². The summed E-state index contributed by atoms with van der Waals surface area (Å²) < 4.78 is 5.77. The van der Waals surface area contributed by atoms with Crippen LogP contribution in [0.2, 0.25) is 0 Å². The molecule has 0 atom stereocenters. The van der Waals surface area contributed by atoms with Crippen molar-refractivity contribution < 1.29 is 9.53 Å². The fourth-order valence-corrected chi connectivity index (χ4v) is 2.85. The molecule has 0 fully saturated rings. The smallest absolute Gasteiger partial charge is 0.246 e. The Labute approximate surface area is 161 Å². The van der Waals surface area contributed by atoms with E-state index in [1.54, 1.807) is 11.6 Å². The zero-order valence-electron chi connectivity index (χ0n) is 14.9. The van der Waals surface area contributed by atoms with Crippen LogP contribution >= 0.6 is 11.3 Å². The largest absolute Gasteiger partial charge is 0.489 e. The summed E-state index contributed by atoms with van der Waals surface area (Å²) in [6.45, 7) is 2.58. The molecule has 0 aliphatic rings. The lowest BCUT2D eigenvalue weighted by molar-refractivity contribution is -0.120. The van der Waals surface area contributed by atoms with Crippen LogP contribution in [0.4, 0.5) is 5.13 Å². The maximum Gasteiger partial charge on any atom is 0.246 e. The summed E-state index contributed by atoms with van der Waals surface area (Å²) >= 11 is 1.31. The maximum atomic E-state index is 11.8. The predicted molar refractivity (Wildman–Crippen MR) is 108 cm³/mol. The van der Waals surface area contributed by atoms with Crippen molar-refractivity contribution in [1.29, 1.82) is 0 Å². The van der Waals surface area contributed by atoms with Crippen molar-refractivity contribution in [2.75, 3.05) is 5.73 Å². The lowest BCUT2D eigenvalue weighted by atomic mass is 10.2. The molecule has 1 amide bonds. The van der Waals surface area contributed by atoms with E-state index >= 15 is 0 Å². The van der Waals surface area contributed by atoms with Gasteiger partial charge in [0.15, 0.2) is 5.13 Å². The van der Waals surface area contributed by atoms with Gasteiger partial charge in [-0.2, -0.15) is 5.10 Å². The van der Waals surface area contributed by atoms with E-state index < -0.39 is 0 Å². The third-order valence-corrected chi connectivity index (χ3v) is 4.44. The van der Waals surface area contributed by atoms with Gasteiger partial charge in [0.1, 0.15) is 12.4 Å². The van der Waals surface area contributed by atoms with Gasteiger partial charge in [-0.3, -0.25) is 4.79 Å².